The van der Waals surface area contributed by atoms with Crippen LogP contribution < -0.4 is 10.1 Å². The van der Waals surface area contributed by atoms with Crippen LogP contribution in [0.15, 0.2) is 47.8 Å². The van der Waals surface area contributed by atoms with Gasteiger partial charge in [-0.1, -0.05) is 36.2 Å². The van der Waals surface area contributed by atoms with Crippen molar-refractivity contribution in [3.8, 4) is 16.3 Å². The summed E-state index contributed by atoms with van der Waals surface area (Å²) in [5, 5.41) is 6.44. The van der Waals surface area contributed by atoms with E-state index in [1.54, 1.807) is 17.5 Å². The summed E-state index contributed by atoms with van der Waals surface area (Å²) in [4.78, 5) is 16.4. The normalized spacial score (nSPS) is 10.6. The Kier molecular flexibility index (Phi) is 6.72. The number of nitrogens with one attached hydrogen (secondary N) is 1. The van der Waals surface area contributed by atoms with Crippen LogP contribution in [-0.2, 0) is 6.61 Å². The zero-order chi connectivity index (χ0) is 19.2. The predicted octanol–water partition coefficient (Wildman–Crippen LogP) is 5.84. The number of carbonyl (C=O) groups is 1. The Labute approximate surface area is 172 Å². The molecule has 1 heterocycles. The van der Waals surface area contributed by atoms with Crippen LogP contribution in [0, 0.1) is 0 Å². The third-order valence-electron chi connectivity index (χ3n) is 3.76. The smallest absolute Gasteiger partial charge is 0.270 e. The van der Waals surface area contributed by atoms with E-state index in [0.29, 0.717) is 28.9 Å². The summed E-state index contributed by atoms with van der Waals surface area (Å²) >= 11 is 13.4. The molecule has 0 aliphatic heterocycles. The van der Waals surface area contributed by atoms with Gasteiger partial charge in [0, 0.05) is 17.5 Å². The summed E-state index contributed by atoms with van der Waals surface area (Å²) in [6.07, 6.45) is 0.895. The van der Waals surface area contributed by atoms with E-state index < -0.39 is 0 Å². The van der Waals surface area contributed by atoms with E-state index in [4.69, 9.17) is 27.9 Å². The van der Waals surface area contributed by atoms with Crippen molar-refractivity contribution < 1.29 is 9.53 Å². The number of halogens is 2. The Balaban J connectivity index is 1.62. The Morgan fingerprint density at radius 3 is 2.63 bits per heavy atom. The fraction of sp³-hybridized carbons (Fsp3) is 0.200. The number of hydrogen-bond acceptors (Lipinski definition) is 4. The van der Waals surface area contributed by atoms with Gasteiger partial charge in [0.1, 0.15) is 23.1 Å². The van der Waals surface area contributed by atoms with Crippen molar-refractivity contribution in [3.63, 3.8) is 0 Å². The maximum atomic E-state index is 12.0. The molecule has 0 saturated heterocycles. The molecular formula is C20H18Cl2N2O2S. The zero-order valence-corrected chi connectivity index (χ0v) is 17.0. The molecule has 0 aliphatic rings. The third-order valence-corrected chi connectivity index (χ3v) is 5.39. The maximum Gasteiger partial charge on any atom is 0.270 e. The van der Waals surface area contributed by atoms with Crippen LogP contribution in [0.25, 0.3) is 10.6 Å². The number of hydrogen-bond donors (Lipinski definition) is 1. The quantitative estimate of drug-likeness (QED) is 0.522. The molecule has 3 aromatic rings. The van der Waals surface area contributed by atoms with Crippen molar-refractivity contribution in [3.05, 3.63) is 69.1 Å². The van der Waals surface area contributed by atoms with Gasteiger partial charge in [0.25, 0.3) is 5.91 Å². The highest BCUT2D eigenvalue weighted by Gasteiger charge is 2.11. The number of amides is 1. The summed E-state index contributed by atoms with van der Waals surface area (Å²) in [5.41, 5.74) is 2.33. The largest absolute Gasteiger partial charge is 0.489 e. The van der Waals surface area contributed by atoms with E-state index in [2.05, 4.69) is 10.3 Å². The van der Waals surface area contributed by atoms with Crippen LogP contribution >= 0.6 is 34.5 Å². The molecule has 1 amide bonds. The second kappa shape index (κ2) is 9.22. The Hall–Kier alpha value is -2.08. The van der Waals surface area contributed by atoms with Gasteiger partial charge in [0.2, 0.25) is 0 Å². The average molecular weight is 421 g/mol. The molecule has 0 radical (unpaired) electrons. The van der Waals surface area contributed by atoms with Crippen LogP contribution in [0.2, 0.25) is 10.0 Å². The molecule has 0 saturated carbocycles. The van der Waals surface area contributed by atoms with Crippen LogP contribution in [0.3, 0.4) is 0 Å². The van der Waals surface area contributed by atoms with Gasteiger partial charge in [-0.2, -0.15) is 0 Å². The molecule has 140 valence electrons. The fourth-order valence-electron chi connectivity index (χ4n) is 2.33. The van der Waals surface area contributed by atoms with Gasteiger partial charge in [-0.15, -0.1) is 11.3 Å². The minimum atomic E-state index is -0.138. The van der Waals surface area contributed by atoms with E-state index in [-0.39, 0.29) is 5.91 Å². The third kappa shape index (κ3) is 5.22. The Morgan fingerprint density at radius 2 is 1.93 bits per heavy atom. The second-order valence-corrected chi connectivity index (χ2v) is 7.53. The van der Waals surface area contributed by atoms with Crippen LogP contribution in [-0.4, -0.2) is 17.4 Å². The number of thiazole rings is 1. The zero-order valence-electron chi connectivity index (χ0n) is 14.7. The van der Waals surface area contributed by atoms with E-state index in [0.717, 1.165) is 28.3 Å². The van der Waals surface area contributed by atoms with Gasteiger partial charge in [0.15, 0.2) is 0 Å². The van der Waals surface area contributed by atoms with Gasteiger partial charge < -0.3 is 10.1 Å². The standard InChI is InChI=1S/C20H18Cl2N2O2S/c1-2-9-23-19(25)18-12-27-20(24-18)14-4-6-15(7-5-14)26-11-13-3-8-16(21)17(22)10-13/h3-8,10,12H,2,9,11H2,1H3,(H,23,25). The van der Waals surface area contributed by atoms with Gasteiger partial charge >= 0.3 is 0 Å². The fourth-order valence-corrected chi connectivity index (χ4v) is 3.46. The van der Waals surface area contributed by atoms with Crippen molar-refractivity contribution in [1.82, 2.24) is 10.3 Å². The van der Waals surface area contributed by atoms with Crippen LogP contribution in [0.5, 0.6) is 5.75 Å². The lowest BCUT2D eigenvalue weighted by atomic mass is 10.2. The van der Waals surface area contributed by atoms with Crippen molar-refractivity contribution in [1.29, 1.82) is 0 Å². The molecule has 4 nitrogen and oxygen atoms in total. The molecule has 2 aromatic carbocycles. The van der Waals surface area contributed by atoms with Gasteiger partial charge in [-0.25, -0.2) is 4.98 Å². The second-order valence-electron chi connectivity index (χ2n) is 5.86. The molecule has 0 spiro atoms. The molecule has 0 aliphatic carbocycles. The molecular weight excluding hydrogens is 403 g/mol. The van der Waals surface area contributed by atoms with Gasteiger partial charge in [0.05, 0.1) is 10.0 Å². The lowest BCUT2D eigenvalue weighted by Crippen LogP contribution is -2.24. The summed E-state index contributed by atoms with van der Waals surface area (Å²) in [5.74, 6) is 0.600. The SMILES string of the molecule is CCCNC(=O)c1csc(-c2ccc(OCc3ccc(Cl)c(Cl)c3)cc2)n1. The molecule has 1 N–H and O–H groups in total. The first-order valence-corrected chi connectivity index (χ1v) is 10.1. The predicted molar refractivity (Wildman–Crippen MR) is 111 cm³/mol. The summed E-state index contributed by atoms with van der Waals surface area (Å²) < 4.78 is 5.78. The molecule has 1 aromatic heterocycles. The van der Waals surface area contributed by atoms with Gasteiger partial charge in [-0.3, -0.25) is 4.79 Å². The highest BCUT2D eigenvalue weighted by Crippen LogP contribution is 2.27. The number of carbonyl (C=O) groups excluding carboxylic acids is 1. The molecule has 0 atom stereocenters. The monoisotopic (exact) mass is 420 g/mol. The van der Waals surface area contributed by atoms with Crippen LogP contribution in [0.1, 0.15) is 29.4 Å². The van der Waals surface area contributed by atoms with Crippen molar-refractivity contribution in [2.24, 2.45) is 0 Å². The van der Waals surface area contributed by atoms with E-state index >= 15 is 0 Å². The van der Waals surface area contributed by atoms with E-state index in [1.807, 2.05) is 37.3 Å². The highest BCUT2D eigenvalue weighted by atomic mass is 35.5. The topological polar surface area (TPSA) is 51.2 Å². The summed E-state index contributed by atoms with van der Waals surface area (Å²) in [6, 6.07) is 13.0. The van der Waals surface area contributed by atoms with E-state index in [1.165, 1.54) is 11.3 Å². The molecule has 7 heteroatoms. The first-order chi connectivity index (χ1) is 13.1. The Bertz CT molecular complexity index is 926. The molecule has 0 unspecified atom stereocenters. The maximum absolute atomic E-state index is 12.0. The first kappa shape index (κ1) is 19.7. The minimum absolute atomic E-state index is 0.138. The average Bonchev–Trinajstić information content (AvgIpc) is 3.18. The van der Waals surface area contributed by atoms with Crippen molar-refractivity contribution >= 4 is 40.4 Å². The molecule has 0 fully saturated rings. The highest BCUT2D eigenvalue weighted by molar-refractivity contribution is 7.13. The van der Waals surface area contributed by atoms with Gasteiger partial charge in [-0.05, 0) is 48.4 Å². The molecule has 27 heavy (non-hydrogen) atoms. The number of benzene rings is 2. The summed E-state index contributed by atoms with van der Waals surface area (Å²) in [6.45, 7) is 3.06. The number of rotatable bonds is 7. The van der Waals surface area contributed by atoms with Crippen molar-refractivity contribution in [2.45, 2.75) is 20.0 Å². The summed E-state index contributed by atoms with van der Waals surface area (Å²) in [7, 11) is 0. The molecule has 0 bridgehead atoms. The number of nitrogens with zero attached hydrogens (tertiary/aromatic N) is 1. The number of ether oxygens (including phenoxy) is 1. The Morgan fingerprint density at radius 1 is 1.15 bits per heavy atom. The minimum Gasteiger partial charge on any atom is -0.489 e. The number of aromatic nitrogens is 1. The lowest BCUT2D eigenvalue weighted by Gasteiger charge is -2.07. The van der Waals surface area contributed by atoms with E-state index in [9.17, 15) is 4.79 Å². The lowest BCUT2D eigenvalue weighted by molar-refractivity contribution is 0.0949. The first-order valence-electron chi connectivity index (χ1n) is 8.47. The van der Waals surface area contributed by atoms with Crippen LogP contribution in [0.4, 0.5) is 0 Å². The molecule has 3 rings (SSSR count). The van der Waals surface area contributed by atoms with Crippen molar-refractivity contribution in [2.75, 3.05) is 6.54 Å².